The van der Waals surface area contributed by atoms with Crippen molar-refractivity contribution in [2.45, 2.75) is 25.8 Å². The van der Waals surface area contributed by atoms with E-state index in [1.165, 1.54) is 6.07 Å². The second-order valence-electron chi connectivity index (χ2n) is 6.95. The lowest BCUT2D eigenvalue weighted by Gasteiger charge is -2.25. The smallest absolute Gasteiger partial charge is 0.190 e. The van der Waals surface area contributed by atoms with E-state index in [1.807, 2.05) is 13.0 Å². The largest absolute Gasteiger partial charge is 0.509 e. The van der Waals surface area contributed by atoms with E-state index >= 15 is 0 Å². The average molecular weight is 359 g/mol. The SMILES string of the molecule is [C-]#[N+]c1ccc(-c2nnc(N[C@@H]3CCCNC3)c3ccc(C)cc23)c(O)c1. The number of hydrogen-bond acceptors (Lipinski definition) is 5. The van der Waals surface area contributed by atoms with Gasteiger partial charge in [-0.25, -0.2) is 4.85 Å². The maximum Gasteiger partial charge on any atom is 0.190 e. The summed E-state index contributed by atoms with van der Waals surface area (Å²) in [5, 5.41) is 28.1. The van der Waals surface area contributed by atoms with Crippen molar-refractivity contribution >= 4 is 22.3 Å². The summed E-state index contributed by atoms with van der Waals surface area (Å²) >= 11 is 0. The topological polar surface area (TPSA) is 74.4 Å². The number of hydrogen-bond donors (Lipinski definition) is 3. The zero-order valence-electron chi connectivity index (χ0n) is 15.2. The van der Waals surface area contributed by atoms with Crippen molar-refractivity contribution in [3.05, 3.63) is 53.4 Å². The molecule has 6 heteroatoms. The normalized spacial score (nSPS) is 16.8. The number of fused-ring (bicyclic) bond motifs is 1. The number of aromatic nitrogens is 2. The molecule has 0 aliphatic carbocycles. The number of piperidine rings is 1. The summed E-state index contributed by atoms with van der Waals surface area (Å²) in [6, 6.07) is 11.4. The van der Waals surface area contributed by atoms with Gasteiger partial charge in [-0.15, -0.1) is 10.2 Å². The molecule has 0 saturated carbocycles. The molecule has 0 radical (unpaired) electrons. The molecule has 0 amide bonds. The monoisotopic (exact) mass is 359 g/mol. The van der Waals surface area contributed by atoms with E-state index in [0.29, 0.717) is 23.0 Å². The Balaban J connectivity index is 1.82. The molecule has 0 unspecified atom stereocenters. The Morgan fingerprint density at radius 2 is 2.07 bits per heavy atom. The van der Waals surface area contributed by atoms with Crippen LogP contribution in [0.5, 0.6) is 5.75 Å². The molecule has 136 valence electrons. The molecule has 1 aliphatic rings. The van der Waals surface area contributed by atoms with E-state index in [9.17, 15) is 5.11 Å². The van der Waals surface area contributed by atoms with Crippen molar-refractivity contribution in [2.24, 2.45) is 0 Å². The molecule has 4 rings (SSSR count). The number of rotatable bonds is 3. The highest BCUT2D eigenvalue weighted by Gasteiger charge is 2.18. The molecule has 6 nitrogen and oxygen atoms in total. The first kappa shape index (κ1) is 17.3. The number of phenolic OH excluding ortho intramolecular Hbond substituents is 1. The first-order valence-electron chi connectivity index (χ1n) is 9.11. The summed E-state index contributed by atoms with van der Waals surface area (Å²) in [6.45, 7) is 11.1. The van der Waals surface area contributed by atoms with E-state index in [4.69, 9.17) is 6.57 Å². The van der Waals surface area contributed by atoms with Gasteiger partial charge in [0.25, 0.3) is 0 Å². The fraction of sp³-hybridized carbons (Fsp3) is 0.286. The third-order valence-corrected chi connectivity index (χ3v) is 4.94. The summed E-state index contributed by atoms with van der Waals surface area (Å²) in [6.07, 6.45) is 2.24. The van der Waals surface area contributed by atoms with E-state index in [-0.39, 0.29) is 5.75 Å². The Morgan fingerprint density at radius 1 is 1.19 bits per heavy atom. The summed E-state index contributed by atoms with van der Waals surface area (Å²) in [5.74, 6) is 0.803. The molecule has 1 aromatic heterocycles. The predicted octanol–water partition coefficient (Wildman–Crippen LogP) is 4.03. The average Bonchev–Trinajstić information content (AvgIpc) is 2.69. The minimum absolute atomic E-state index is 0.0396. The van der Waals surface area contributed by atoms with Crippen LogP contribution in [-0.2, 0) is 0 Å². The van der Waals surface area contributed by atoms with Crippen LogP contribution in [0.25, 0.3) is 26.9 Å². The number of nitrogens with one attached hydrogen (secondary N) is 2. The van der Waals surface area contributed by atoms with Crippen LogP contribution in [0, 0.1) is 13.5 Å². The third kappa shape index (κ3) is 3.42. The van der Waals surface area contributed by atoms with E-state index in [2.05, 4.69) is 37.8 Å². The zero-order chi connectivity index (χ0) is 18.8. The lowest BCUT2D eigenvalue weighted by atomic mass is 10.0. The summed E-state index contributed by atoms with van der Waals surface area (Å²) < 4.78 is 0. The van der Waals surface area contributed by atoms with Crippen LogP contribution in [0.1, 0.15) is 18.4 Å². The number of benzene rings is 2. The Kier molecular flexibility index (Phi) is 4.61. The van der Waals surface area contributed by atoms with E-state index in [1.54, 1.807) is 12.1 Å². The molecule has 3 N–H and O–H groups in total. The fourth-order valence-corrected chi connectivity index (χ4v) is 3.53. The van der Waals surface area contributed by atoms with Gasteiger partial charge in [0.15, 0.2) is 11.5 Å². The zero-order valence-corrected chi connectivity index (χ0v) is 15.2. The minimum atomic E-state index is 0.0396. The molecular formula is C21H21N5O. The van der Waals surface area contributed by atoms with Crippen LogP contribution in [0.4, 0.5) is 11.5 Å². The summed E-state index contributed by atoms with van der Waals surface area (Å²) in [4.78, 5) is 3.36. The van der Waals surface area contributed by atoms with Gasteiger partial charge in [-0.2, -0.15) is 0 Å². The van der Waals surface area contributed by atoms with Crippen molar-refractivity contribution in [3.8, 4) is 17.0 Å². The molecule has 27 heavy (non-hydrogen) atoms. The van der Waals surface area contributed by atoms with Crippen molar-refractivity contribution in [1.29, 1.82) is 0 Å². The van der Waals surface area contributed by atoms with Crippen LogP contribution in [-0.4, -0.2) is 34.4 Å². The van der Waals surface area contributed by atoms with E-state index in [0.717, 1.165) is 48.1 Å². The number of nitrogens with zero attached hydrogens (tertiary/aromatic N) is 3. The molecule has 0 spiro atoms. The first-order chi connectivity index (χ1) is 13.2. The van der Waals surface area contributed by atoms with Crippen LogP contribution < -0.4 is 10.6 Å². The Morgan fingerprint density at radius 3 is 2.81 bits per heavy atom. The van der Waals surface area contributed by atoms with Gasteiger partial charge in [-0.3, -0.25) is 0 Å². The standard InChI is InChI=1S/C21H21N5O/c1-13-5-7-16-18(10-13)20(17-8-6-14(22-2)11-19(17)27)25-26-21(16)24-15-4-3-9-23-12-15/h5-8,10-11,15,23,27H,3-4,9,12H2,1H3,(H,24,26)/t15-/m1/s1. The van der Waals surface area contributed by atoms with Crippen molar-refractivity contribution in [3.63, 3.8) is 0 Å². The van der Waals surface area contributed by atoms with Gasteiger partial charge in [-0.1, -0.05) is 29.8 Å². The maximum absolute atomic E-state index is 10.4. The quantitative estimate of drug-likeness (QED) is 0.616. The third-order valence-electron chi connectivity index (χ3n) is 4.94. The lowest BCUT2D eigenvalue weighted by Crippen LogP contribution is -2.38. The van der Waals surface area contributed by atoms with Gasteiger partial charge in [-0.05, 0) is 38.4 Å². The number of phenols is 1. The van der Waals surface area contributed by atoms with Crippen LogP contribution in [0.2, 0.25) is 0 Å². The molecule has 2 heterocycles. The van der Waals surface area contributed by atoms with Gasteiger partial charge in [0.2, 0.25) is 0 Å². The molecule has 0 bridgehead atoms. The Hall–Kier alpha value is -3.17. The number of aryl methyl sites for hydroxylation is 1. The maximum atomic E-state index is 10.4. The van der Waals surface area contributed by atoms with Gasteiger partial charge >= 0.3 is 0 Å². The molecule has 3 aromatic rings. The van der Waals surface area contributed by atoms with Crippen LogP contribution >= 0.6 is 0 Å². The predicted molar refractivity (Wildman–Crippen MR) is 107 cm³/mol. The number of aromatic hydroxyl groups is 1. The van der Waals surface area contributed by atoms with Gasteiger partial charge in [0, 0.05) is 28.9 Å². The van der Waals surface area contributed by atoms with Crippen molar-refractivity contribution in [1.82, 2.24) is 15.5 Å². The second kappa shape index (κ2) is 7.22. The highest BCUT2D eigenvalue weighted by atomic mass is 16.3. The highest BCUT2D eigenvalue weighted by Crippen LogP contribution is 2.37. The molecule has 2 aromatic carbocycles. The minimum Gasteiger partial charge on any atom is -0.509 e. The van der Waals surface area contributed by atoms with Gasteiger partial charge < -0.3 is 15.7 Å². The van der Waals surface area contributed by atoms with Crippen molar-refractivity contribution in [2.75, 3.05) is 18.4 Å². The molecule has 1 fully saturated rings. The highest BCUT2D eigenvalue weighted by molar-refractivity contribution is 6.01. The van der Waals surface area contributed by atoms with Crippen molar-refractivity contribution < 1.29 is 5.11 Å². The van der Waals surface area contributed by atoms with Gasteiger partial charge in [0.1, 0.15) is 11.4 Å². The summed E-state index contributed by atoms with van der Waals surface area (Å²) in [7, 11) is 0. The summed E-state index contributed by atoms with van der Waals surface area (Å²) in [5.41, 5.74) is 2.71. The Bertz CT molecular complexity index is 1030. The molecule has 1 aliphatic heterocycles. The Labute approximate surface area is 158 Å². The van der Waals surface area contributed by atoms with Crippen LogP contribution in [0.15, 0.2) is 36.4 Å². The second-order valence-corrected chi connectivity index (χ2v) is 6.95. The molecule has 1 atom stereocenters. The first-order valence-corrected chi connectivity index (χ1v) is 9.11. The fourth-order valence-electron chi connectivity index (χ4n) is 3.53. The van der Waals surface area contributed by atoms with Crippen LogP contribution in [0.3, 0.4) is 0 Å². The van der Waals surface area contributed by atoms with E-state index < -0.39 is 0 Å². The molecule has 1 saturated heterocycles. The van der Waals surface area contributed by atoms with Gasteiger partial charge in [0.05, 0.1) is 6.57 Å². The molecular weight excluding hydrogens is 338 g/mol. The number of anilines is 1. The lowest BCUT2D eigenvalue weighted by molar-refractivity contribution is 0.477.